The van der Waals surface area contributed by atoms with E-state index in [0.29, 0.717) is 17.2 Å². The van der Waals surface area contributed by atoms with Gasteiger partial charge in [0, 0.05) is 19.5 Å². The van der Waals surface area contributed by atoms with Gasteiger partial charge in [-0.2, -0.15) is 0 Å². The topological polar surface area (TPSA) is 85.9 Å². The molecule has 1 amide bonds. The second-order valence-corrected chi connectivity index (χ2v) is 4.22. The Morgan fingerprint density at radius 1 is 1.19 bits per heavy atom. The summed E-state index contributed by atoms with van der Waals surface area (Å²) in [4.78, 5) is 22.7. The Balaban J connectivity index is 2.83. The fraction of sp³-hybridized carbons (Fsp3) is 0.429. The molecule has 0 radical (unpaired) electrons. The average molecular weight is 296 g/mol. The summed E-state index contributed by atoms with van der Waals surface area (Å²) in [6, 6.07) is 4.45. The summed E-state index contributed by atoms with van der Waals surface area (Å²) in [6.07, 6.45) is 0. The van der Waals surface area contributed by atoms with Crippen LogP contribution >= 0.6 is 0 Å². The molecule has 0 fully saturated rings. The van der Waals surface area contributed by atoms with Gasteiger partial charge < -0.3 is 24.8 Å². The van der Waals surface area contributed by atoms with Crippen LogP contribution in [0.4, 0.5) is 5.69 Å². The van der Waals surface area contributed by atoms with E-state index in [1.807, 2.05) is 0 Å². The number of ether oxygens (including phenoxy) is 3. The average Bonchev–Trinajstić information content (AvgIpc) is 2.49. The molecule has 0 aliphatic carbocycles. The van der Waals surface area contributed by atoms with Gasteiger partial charge in [0.25, 0.3) is 0 Å². The van der Waals surface area contributed by atoms with Gasteiger partial charge in [-0.05, 0) is 12.1 Å². The first-order valence-corrected chi connectivity index (χ1v) is 6.32. The first-order chi connectivity index (χ1) is 10.0. The van der Waals surface area contributed by atoms with Crippen LogP contribution in [0.3, 0.4) is 0 Å². The van der Waals surface area contributed by atoms with Gasteiger partial charge in [0.2, 0.25) is 5.91 Å². The molecule has 0 aliphatic rings. The van der Waals surface area contributed by atoms with Crippen molar-refractivity contribution in [1.82, 2.24) is 5.32 Å². The Morgan fingerprint density at radius 2 is 1.90 bits per heavy atom. The molecule has 0 aliphatic heterocycles. The molecule has 0 heterocycles. The summed E-state index contributed by atoms with van der Waals surface area (Å²) >= 11 is 0. The molecule has 1 unspecified atom stereocenters. The van der Waals surface area contributed by atoms with Crippen molar-refractivity contribution in [2.45, 2.75) is 13.0 Å². The highest BCUT2D eigenvalue weighted by atomic mass is 16.5. The maximum atomic E-state index is 11.6. The van der Waals surface area contributed by atoms with E-state index >= 15 is 0 Å². The van der Waals surface area contributed by atoms with Crippen molar-refractivity contribution in [2.24, 2.45) is 0 Å². The molecule has 0 saturated heterocycles. The normalized spacial score (nSPS) is 11.2. The number of esters is 1. The van der Waals surface area contributed by atoms with E-state index in [-0.39, 0.29) is 12.5 Å². The predicted molar refractivity (Wildman–Crippen MR) is 77.7 cm³/mol. The maximum absolute atomic E-state index is 11.6. The Labute approximate surface area is 123 Å². The number of rotatable bonds is 7. The zero-order valence-corrected chi connectivity index (χ0v) is 12.6. The number of hydrogen-bond donors (Lipinski definition) is 2. The zero-order chi connectivity index (χ0) is 15.8. The number of nitrogens with one attached hydrogen (secondary N) is 2. The fourth-order valence-corrected chi connectivity index (χ4v) is 1.75. The number of anilines is 1. The van der Waals surface area contributed by atoms with Gasteiger partial charge in [-0.1, -0.05) is 0 Å². The summed E-state index contributed by atoms with van der Waals surface area (Å²) in [7, 11) is 4.36. The molecule has 0 bridgehead atoms. The molecule has 2 N–H and O–H groups in total. The second-order valence-electron chi connectivity index (χ2n) is 4.22. The van der Waals surface area contributed by atoms with Crippen molar-refractivity contribution in [3.05, 3.63) is 18.2 Å². The highest BCUT2D eigenvalue weighted by Gasteiger charge is 2.20. The minimum absolute atomic E-state index is 0.162. The Kier molecular flexibility index (Phi) is 6.32. The quantitative estimate of drug-likeness (QED) is 0.724. The number of hydrogen-bond acceptors (Lipinski definition) is 6. The van der Waals surface area contributed by atoms with E-state index in [9.17, 15) is 9.59 Å². The molecule has 1 aromatic rings. The molecule has 7 heteroatoms. The van der Waals surface area contributed by atoms with Gasteiger partial charge in [0.15, 0.2) is 0 Å². The van der Waals surface area contributed by atoms with E-state index in [2.05, 4.69) is 15.4 Å². The zero-order valence-electron chi connectivity index (χ0n) is 12.6. The second kappa shape index (κ2) is 7.98. The molecule has 7 nitrogen and oxygen atoms in total. The lowest BCUT2D eigenvalue weighted by Crippen LogP contribution is -2.45. The summed E-state index contributed by atoms with van der Waals surface area (Å²) in [5, 5.41) is 5.56. The Morgan fingerprint density at radius 3 is 2.43 bits per heavy atom. The summed E-state index contributed by atoms with van der Waals surface area (Å²) in [5.74, 6) is 0.402. The van der Waals surface area contributed by atoms with Gasteiger partial charge in [0.05, 0.1) is 27.0 Å². The number of carbonyl (C=O) groups is 2. The SMILES string of the molecule is COC(=O)C(CNc1cc(OC)ccc1OC)NC(C)=O. The van der Waals surface area contributed by atoms with E-state index in [1.54, 1.807) is 32.4 Å². The minimum Gasteiger partial charge on any atom is -0.497 e. The van der Waals surface area contributed by atoms with Crippen LogP contribution in [-0.4, -0.2) is 45.8 Å². The third-order valence-corrected chi connectivity index (χ3v) is 2.77. The predicted octanol–water partition coefficient (Wildman–Crippen LogP) is 0.793. The van der Waals surface area contributed by atoms with Crippen molar-refractivity contribution in [2.75, 3.05) is 33.2 Å². The van der Waals surface area contributed by atoms with Crippen molar-refractivity contribution in [3.63, 3.8) is 0 Å². The maximum Gasteiger partial charge on any atom is 0.330 e. The highest BCUT2D eigenvalue weighted by Crippen LogP contribution is 2.28. The van der Waals surface area contributed by atoms with Crippen LogP contribution in [0.5, 0.6) is 11.5 Å². The van der Waals surface area contributed by atoms with Crippen molar-refractivity contribution in [1.29, 1.82) is 0 Å². The smallest absolute Gasteiger partial charge is 0.330 e. The lowest BCUT2D eigenvalue weighted by atomic mass is 10.2. The molecular formula is C14H20N2O5. The molecule has 1 atom stereocenters. The molecule has 0 aromatic heterocycles. The number of amides is 1. The first-order valence-electron chi connectivity index (χ1n) is 6.32. The minimum atomic E-state index is -0.789. The molecule has 21 heavy (non-hydrogen) atoms. The lowest BCUT2D eigenvalue weighted by molar-refractivity contribution is -0.144. The molecule has 1 aromatic carbocycles. The molecular weight excluding hydrogens is 276 g/mol. The van der Waals surface area contributed by atoms with E-state index in [0.717, 1.165) is 0 Å². The van der Waals surface area contributed by atoms with Crippen LogP contribution in [0.25, 0.3) is 0 Å². The van der Waals surface area contributed by atoms with E-state index < -0.39 is 12.0 Å². The van der Waals surface area contributed by atoms with Crippen LogP contribution < -0.4 is 20.1 Å². The van der Waals surface area contributed by atoms with Crippen LogP contribution in [-0.2, 0) is 14.3 Å². The highest BCUT2D eigenvalue weighted by molar-refractivity contribution is 5.83. The van der Waals surface area contributed by atoms with Crippen molar-refractivity contribution in [3.8, 4) is 11.5 Å². The van der Waals surface area contributed by atoms with E-state index in [1.165, 1.54) is 14.0 Å². The van der Waals surface area contributed by atoms with Gasteiger partial charge in [-0.15, -0.1) is 0 Å². The van der Waals surface area contributed by atoms with Crippen LogP contribution in [0.2, 0.25) is 0 Å². The van der Waals surface area contributed by atoms with Crippen molar-refractivity contribution < 1.29 is 23.8 Å². The summed E-state index contributed by atoms with van der Waals surface area (Å²) < 4.78 is 15.0. The summed E-state index contributed by atoms with van der Waals surface area (Å²) in [5.41, 5.74) is 0.649. The van der Waals surface area contributed by atoms with Gasteiger partial charge >= 0.3 is 5.97 Å². The Hall–Kier alpha value is -2.44. The largest absolute Gasteiger partial charge is 0.497 e. The monoisotopic (exact) mass is 296 g/mol. The molecule has 0 saturated carbocycles. The lowest BCUT2D eigenvalue weighted by Gasteiger charge is -2.18. The van der Waals surface area contributed by atoms with Gasteiger partial charge in [-0.3, -0.25) is 4.79 Å². The number of carbonyl (C=O) groups excluding carboxylic acids is 2. The van der Waals surface area contributed by atoms with Gasteiger partial charge in [-0.25, -0.2) is 4.79 Å². The summed E-state index contributed by atoms with van der Waals surface area (Å²) in [6.45, 7) is 1.50. The van der Waals surface area contributed by atoms with E-state index in [4.69, 9.17) is 9.47 Å². The number of benzene rings is 1. The first kappa shape index (κ1) is 16.6. The van der Waals surface area contributed by atoms with Crippen molar-refractivity contribution >= 4 is 17.6 Å². The Bertz CT molecular complexity index is 504. The van der Waals surface area contributed by atoms with Crippen LogP contribution in [0.15, 0.2) is 18.2 Å². The van der Waals surface area contributed by atoms with Gasteiger partial charge in [0.1, 0.15) is 17.5 Å². The standard InChI is InChI=1S/C14H20N2O5/c1-9(17)16-12(14(18)21-4)8-15-11-7-10(19-2)5-6-13(11)20-3/h5-7,12,15H,8H2,1-4H3,(H,16,17). The fourth-order valence-electron chi connectivity index (χ4n) is 1.75. The molecule has 1 rings (SSSR count). The third kappa shape index (κ3) is 4.87. The molecule has 0 spiro atoms. The van der Waals surface area contributed by atoms with Crippen LogP contribution in [0, 0.1) is 0 Å². The number of methoxy groups -OCH3 is 3. The molecule has 116 valence electrons. The van der Waals surface area contributed by atoms with Crippen LogP contribution in [0.1, 0.15) is 6.92 Å². The third-order valence-electron chi connectivity index (χ3n) is 2.77.